The Morgan fingerprint density at radius 3 is 3.08 bits per heavy atom. The maximum absolute atomic E-state index is 11.6. The molecule has 1 heterocycles. The van der Waals surface area contributed by atoms with Crippen molar-refractivity contribution in [2.75, 3.05) is 19.4 Å². The summed E-state index contributed by atoms with van der Waals surface area (Å²) in [7, 11) is -2.78. The van der Waals surface area contributed by atoms with Crippen LogP contribution in [-0.2, 0) is 13.6 Å². The summed E-state index contributed by atoms with van der Waals surface area (Å²) >= 11 is 0. The molecule has 1 rings (SSSR count). The third-order valence-electron chi connectivity index (χ3n) is 1.47. The van der Waals surface area contributed by atoms with Gasteiger partial charge in [0.25, 0.3) is 0 Å². The standard InChI is InChI=1S/C8H13O3P/c1-2-3-6-10-12(9)8-5-4-7-11-12/h2-5H,6-8H2,1H3. The Bertz CT molecular complexity index is 232. The van der Waals surface area contributed by atoms with E-state index in [1.165, 1.54) is 0 Å². The Hall–Kier alpha value is -0.370. The number of hydrogen-bond acceptors (Lipinski definition) is 3. The molecule has 0 fully saturated rings. The third kappa shape index (κ3) is 2.94. The average Bonchev–Trinajstić information content (AvgIpc) is 2.06. The van der Waals surface area contributed by atoms with E-state index in [0.717, 1.165) is 0 Å². The van der Waals surface area contributed by atoms with Crippen molar-refractivity contribution in [2.45, 2.75) is 6.92 Å². The van der Waals surface area contributed by atoms with Gasteiger partial charge in [-0.25, -0.2) is 0 Å². The molecule has 0 aliphatic carbocycles. The van der Waals surface area contributed by atoms with Crippen LogP contribution in [0.4, 0.5) is 0 Å². The van der Waals surface area contributed by atoms with Crippen molar-refractivity contribution in [2.24, 2.45) is 0 Å². The van der Waals surface area contributed by atoms with E-state index in [0.29, 0.717) is 19.4 Å². The van der Waals surface area contributed by atoms with Crippen LogP contribution in [0.15, 0.2) is 24.3 Å². The van der Waals surface area contributed by atoms with E-state index in [9.17, 15) is 4.57 Å². The molecule has 0 saturated carbocycles. The highest BCUT2D eigenvalue weighted by Crippen LogP contribution is 2.49. The second-order valence-electron chi connectivity index (χ2n) is 2.43. The predicted octanol–water partition coefficient (Wildman–Crippen LogP) is 2.36. The molecule has 0 aromatic rings. The molecular weight excluding hydrogens is 175 g/mol. The fourth-order valence-corrected chi connectivity index (χ4v) is 2.14. The smallest absolute Gasteiger partial charge is 0.304 e. The SMILES string of the molecule is CC=CCOP1(=O)CC=CCO1. The van der Waals surface area contributed by atoms with Gasteiger partial charge < -0.3 is 9.05 Å². The minimum absolute atomic E-state index is 0.363. The molecule has 4 heteroatoms. The lowest BCUT2D eigenvalue weighted by Gasteiger charge is -2.17. The normalized spacial score (nSPS) is 29.8. The van der Waals surface area contributed by atoms with Gasteiger partial charge in [-0.05, 0) is 6.92 Å². The van der Waals surface area contributed by atoms with Gasteiger partial charge in [0.05, 0.1) is 19.4 Å². The summed E-state index contributed by atoms with van der Waals surface area (Å²) in [6.45, 7) is 2.65. The number of rotatable bonds is 3. The first kappa shape index (κ1) is 9.72. The summed E-state index contributed by atoms with van der Waals surface area (Å²) in [4.78, 5) is 0. The monoisotopic (exact) mass is 188 g/mol. The van der Waals surface area contributed by atoms with Gasteiger partial charge >= 0.3 is 7.60 Å². The van der Waals surface area contributed by atoms with E-state index in [1.54, 1.807) is 6.08 Å². The van der Waals surface area contributed by atoms with Crippen LogP contribution in [0.1, 0.15) is 6.92 Å². The Balaban J connectivity index is 2.38. The van der Waals surface area contributed by atoms with Crippen molar-refractivity contribution in [1.82, 2.24) is 0 Å². The molecule has 3 nitrogen and oxygen atoms in total. The van der Waals surface area contributed by atoms with Gasteiger partial charge in [0.15, 0.2) is 0 Å². The first-order valence-corrected chi connectivity index (χ1v) is 5.64. The Labute approximate surface area is 72.6 Å². The topological polar surface area (TPSA) is 35.5 Å². The minimum atomic E-state index is -2.78. The molecule has 0 amide bonds. The molecule has 0 N–H and O–H groups in total. The first-order valence-electron chi connectivity index (χ1n) is 3.91. The highest BCUT2D eigenvalue weighted by atomic mass is 31.2. The van der Waals surface area contributed by atoms with Gasteiger partial charge in [-0.2, -0.15) is 0 Å². The predicted molar refractivity (Wildman–Crippen MR) is 48.3 cm³/mol. The van der Waals surface area contributed by atoms with Crippen molar-refractivity contribution in [3.05, 3.63) is 24.3 Å². The van der Waals surface area contributed by atoms with Crippen molar-refractivity contribution in [1.29, 1.82) is 0 Å². The van der Waals surface area contributed by atoms with Gasteiger partial charge in [-0.15, -0.1) is 0 Å². The molecule has 1 aliphatic heterocycles. The summed E-state index contributed by atoms with van der Waals surface area (Å²) < 4.78 is 21.7. The van der Waals surface area contributed by atoms with Crippen LogP contribution in [-0.4, -0.2) is 19.4 Å². The van der Waals surface area contributed by atoms with Crippen molar-refractivity contribution in [3.63, 3.8) is 0 Å². The molecule has 1 aliphatic rings. The quantitative estimate of drug-likeness (QED) is 0.503. The van der Waals surface area contributed by atoms with E-state index in [-0.39, 0.29) is 0 Å². The lowest BCUT2D eigenvalue weighted by Crippen LogP contribution is -2.03. The highest BCUT2D eigenvalue weighted by Gasteiger charge is 2.23. The summed E-state index contributed by atoms with van der Waals surface area (Å²) in [5, 5.41) is 0. The van der Waals surface area contributed by atoms with Crippen LogP contribution >= 0.6 is 7.60 Å². The molecular formula is C8H13O3P. The van der Waals surface area contributed by atoms with Gasteiger partial charge in [0.1, 0.15) is 0 Å². The van der Waals surface area contributed by atoms with E-state index in [1.807, 2.05) is 25.2 Å². The van der Waals surface area contributed by atoms with E-state index in [4.69, 9.17) is 9.05 Å². The Morgan fingerprint density at radius 1 is 1.67 bits per heavy atom. The van der Waals surface area contributed by atoms with Crippen molar-refractivity contribution >= 4 is 7.60 Å². The molecule has 68 valence electrons. The Kier molecular flexibility index (Phi) is 3.73. The molecule has 0 saturated heterocycles. The molecule has 0 spiro atoms. The van der Waals surface area contributed by atoms with Crippen LogP contribution in [0.5, 0.6) is 0 Å². The second-order valence-corrected chi connectivity index (χ2v) is 4.53. The summed E-state index contributed by atoms with van der Waals surface area (Å²) in [5.41, 5.74) is 0. The van der Waals surface area contributed by atoms with Crippen molar-refractivity contribution < 1.29 is 13.6 Å². The van der Waals surface area contributed by atoms with E-state index in [2.05, 4.69) is 0 Å². The van der Waals surface area contributed by atoms with Gasteiger partial charge in [-0.3, -0.25) is 4.57 Å². The zero-order valence-electron chi connectivity index (χ0n) is 7.10. The molecule has 0 aromatic heterocycles. The van der Waals surface area contributed by atoms with Crippen LogP contribution in [0.25, 0.3) is 0 Å². The molecule has 0 aromatic carbocycles. The zero-order chi connectivity index (χ0) is 8.86. The maximum Gasteiger partial charge on any atom is 0.335 e. The van der Waals surface area contributed by atoms with Crippen LogP contribution < -0.4 is 0 Å². The van der Waals surface area contributed by atoms with E-state index >= 15 is 0 Å². The van der Waals surface area contributed by atoms with E-state index < -0.39 is 7.60 Å². The highest BCUT2D eigenvalue weighted by molar-refractivity contribution is 7.54. The second kappa shape index (κ2) is 4.61. The largest absolute Gasteiger partial charge is 0.335 e. The molecule has 1 atom stereocenters. The lowest BCUT2D eigenvalue weighted by molar-refractivity contribution is 0.235. The lowest BCUT2D eigenvalue weighted by atomic mass is 10.6. The van der Waals surface area contributed by atoms with Crippen LogP contribution in [0.2, 0.25) is 0 Å². The summed E-state index contributed by atoms with van der Waals surface area (Å²) in [6, 6.07) is 0. The first-order chi connectivity index (χ1) is 5.77. The van der Waals surface area contributed by atoms with Gasteiger partial charge in [0, 0.05) is 0 Å². The third-order valence-corrected chi connectivity index (χ3v) is 3.21. The van der Waals surface area contributed by atoms with Crippen LogP contribution in [0.3, 0.4) is 0 Å². The molecule has 0 bridgehead atoms. The fraction of sp³-hybridized carbons (Fsp3) is 0.500. The number of hydrogen-bond donors (Lipinski definition) is 0. The summed E-state index contributed by atoms with van der Waals surface area (Å²) in [5.74, 6) is 0. The van der Waals surface area contributed by atoms with Gasteiger partial charge in [-0.1, -0.05) is 24.3 Å². The van der Waals surface area contributed by atoms with Gasteiger partial charge in [0.2, 0.25) is 0 Å². The maximum atomic E-state index is 11.6. The van der Waals surface area contributed by atoms with Crippen LogP contribution in [0, 0.1) is 0 Å². The average molecular weight is 188 g/mol. The zero-order valence-corrected chi connectivity index (χ0v) is 8.00. The van der Waals surface area contributed by atoms with Crippen molar-refractivity contribution in [3.8, 4) is 0 Å². The molecule has 1 unspecified atom stereocenters. The molecule has 0 radical (unpaired) electrons. The summed E-state index contributed by atoms with van der Waals surface area (Å²) in [6.07, 6.45) is 7.73. The minimum Gasteiger partial charge on any atom is -0.304 e. The molecule has 12 heavy (non-hydrogen) atoms. The number of allylic oxidation sites excluding steroid dienone is 2. The fourth-order valence-electron chi connectivity index (χ4n) is 0.824. The Morgan fingerprint density at radius 2 is 2.50 bits per heavy atom.